The molecule has 2 aromatic carbocycles. The van der Waals surface area contributed by atoms with Gasteiger partial charge in [-0.05, 0) is 42.7 Å². The number of carbonyl (C=O) groups excluding carboxylic acids is 3. The Morgan fingerprint density at radius 1 is 1.04 bits per heavy atom. The smallest absolute Gasteiger partial charge is 0.255 e. The molecule has 1 unspecified atom stereocenters. The van der Waals surface area contributed by atoms with Gasteiger partial charge in [0.25, 0.3) is 5.91 Å². The van der Waals surface area contributed by atoms with E-state index < -0.39 is 6.04 Å². The van der Waals surface area contributed by atoms with Crippen LogP contribution in [0.15, 0.2) is 52.3 Å². The van der Waals surface area contributed by atoms with E-state index in [0.717, 1.165) is 15.4 Å². The molecule has 1 fully saturated rings. The summed E-state index contributed by atoms with van der Waals surface area (Å²) in [6, 6.07) is 13.3. The summed E-state index contributed by atoms with van der Waals surface area (Å²) in [5.41, 5.74) is 2.78. The maximum absolute atomic E-state index is 12.8. The number of hydrogen-bond acceptors (Lipinski definition) is 4. The number of hydrogen-bond donors (Lipinski definition) is 1. The van der Waals surface area contributed by atoms with E-state index in [2.05, 4.69) is 24.4 Å². The van der Waals surface area contributed by atoms with Gasteiger partial charge in [-0.3, -0.25) is 19.7 Å². The van der Waals surface area contributed by atoms with Crippen molar-refractivity contribution in [3.63, 3.8) is 0 Å². The molecule has 0 aliphatic carbocycles. The first kappa shape index (κ1) is 16.8. The summed E-state index contributed by atoms with van der Waals surface area (Å²) >= 11 is 1.64. The van der Waals surface area contributed by atoms with Crippen molar-refractivity contribution in [2.45, 2.75) is 42.1 Å². The minimum Gasteiger partial charge on any atom is -0.322 e. The van der Waals surface area contributed by atoms with Gasteiger partial charge in [-0.1, -0.05) is 36.0 Å². The maximum atomic E-state index is 12.8. The van der Waals surface area contributed by atoms with Crippen molar-refractivity contribution < 1.29 is 14.4 Å². The second kappa shape index (κ2) is 6.61. The van der Waals surface area contributed by atoms with Crippen LogP contribution in [0.2, 0.25) is 0 Å². The molecule has 2 aliphatic rings. The Kier molecular flexibility index (Phi) is 4.28. The van der Waals surface area contributed by atoms with Gasteiger partial charge in [0.05, 0.1) is 0 Å². The highest BCUT2D eigenvalue weighted by molar-refractivity contribution is 7.99. The molecular formula is C20H18N2O3S. The second-order valence-corrected chi connectivity index (χ2v) is 7.63. The van der Waals surface area contributed by atoms with Crippen LogP contribution in [0.5, 0.6) is 0 Å². The Balaban J connectivity index is 1.63. The number of benzene rings is 2. The highest BCUT2D eigenvalue weighted by atomic mass is 32.2. The van der Waals surface area contributed by atoms with E-state index in [1.807, 2.05) is 30.3 Å². The first-order chi connectivity index (χ1) is 12.5. The summed E-state index contributed by atoms with van der Waals surface area (Å²) in [6.45, 7) is 2.46. The van der Waals surface area contributed by atoms with Crippen LogP contribution in [0, 0.1) is 6.92 Å². The number of rotatable bonds is 3. The van der Waals surface area contributed by atoms with Crippen molar-refractivity contribution in [1.82, 2.24) is 10.2 Å². The van der Waals surface area contributed by atoms with Crippen LogP contribution in [-0.4, -0.2) is 28.7 Å². The molecule has 1 saturated heterocycles. The Morgan fingerprint density at radius 3 is 2.58 bits per heavy atom. The highest BCUT2D eigenvalue weighted by Crippen LogP contribution is 2.38. The third kappa shape index (κ3) is 2.90. The Bertz CT molecular complexity index is 925. The molecule has 2 aromatic rings. The minimum atomic E-state index is -0.580. The molecule has 26 heavy (non-hydrogen) atoms. The molecule has 2 aliphatic heterocycles. The van der Waals surface area contributed by atoms with Crippen LogP contribution in [0.4, 0.5) is 0 Å². The molecule has 3 amide bonds. The van der Waals surface area contributed by atoms with Crippen molar-refractivity contribution in [3.05, 3.63) is 59.2 Å². The van der Waals surface area contributed by atoms with Crippen molar-refractivity contribution >= 4 is 29.5 Å². The van der Waals surface area contributed by atoms with Crippen molar-refractivity contribution in [2.75, 3.05) is 0 Å². The van der Waals surface area contributed by atoms with E-state index in [4.69, 9.17) is 0 Å². The molecule has 0 radical (unpaired) electrons. The van der Waals surface area contributed by atoms with Crippen LogP contribution in [0.25, 0.3) is 0 Å². The molecule has 5 nitrogen and oxygen atoms in total. The summed E-state index contributed by atoms with van der Waals surface area (Å²) < 4.78 is 0. The molecular weight excluding hydrogens is 348 g/mol. The number of piperidine rings is 1. The van der Waals surface area contributed by atoms with Gasteiger partial charge in [-0.25, -0.2) is 0 Å². The predicted octanol–water partition coefficient (Wildman–Crippen LogP) is 2.91. The first-order valence-corrected chi connectivity index (χ1v) is 9.36. The second-order valence-electron chi connectivity index (χ2n) is 6.55. The summed E-state index contributed by atoms with van der Waals surface area (Å²) in [5.74, 6) is -0.788. The van der Waals surface area contributed by atoms with E-state index in [9.17, 15) is 14.4 Å². The van der Waals surface area contributed by atoms with Gasteiger partial charge in [0, 0.05) is 28.3 Å². The molecule has 0 saturated carbocycles. The maximum Gasteiger partial charge on any atom is 0.255 e. The molecule has 0 bridgehead atoms. The van der Waals surface area contributed by atoms with E-state index >= 15 is 0 Å². The fourth-order valence-corrected chi connectivity index (χ4v) is 4.50. The SMILES string of the molecule is Cc1ccccc1Sc1cccc2c1CN(C1CCC(=O)NC1=O)C2=O. The molecule has 132 valence electrons. The molecule has 6 heteroatoms. The zero-order chi connectivity index (χ0) is 18.3. The van der Waals surface area contributed by atoms with Crippen LogP contribution in [-0.2, 0) is 16.1 Å². The molecule has 1 N–H and O–H groups in total. The molecule has 4 rings (SSSR count). The fourth-order valence-electron chi connectivity index (χ4n) is 3.44. The van der Waals surface area contributed by atoms with Gasteiger partial charge < -0.3 is 4.90 Å². The van der Waals surface area contributed by atoms with Crippen LogP contribution in [0.3, 0.4) is 0 Å². The summed E-state index contributed by atoms with van der Waals surface area (Å²) in [7, 11) is 0. The zero-order valence-electron chi connectivity index (χ0n) is 14.3. The fraction of sp³-hybridized carbons (Fsp3) is 0.250. The van der Waals surface area contributed by atoms with Gasteiger partial charge in [-0.15, -0.1) is 0 Å². The van der Waals surface area contributed by atoms with Crippen LogP contribution >= 0.6 is 11.8 Å². The largest absolute Gasteiger partial charge is 0.322 e. The Morgan fingerprint density at radius 2 is 1.81 bits per heavy atom. The highest BCUT2D eigenvalue weighted by Gasteiger charge is 2.39. The summed E-state index contributed by atoms with van der Waals surface area (Å²) in [4.78, 5) is 40.2. The number of carbonyl (C=O) groups is 3. The van der Waals surface area contributed by atoms with Crippen LogP contribution < -0.4 is 5.32 Å². The van der Waals surface area contributed by atoms with E-state index in [1.54, 1.807) is 16.7 Å². The molecule has 0 aromatic heterocycles. The lowest BCUT2D eigenvalue weighted by Gasteiger charge is -2.29. The quantitative estimate of drug-likeness (QED) is 0.849. The minimum absolute atomic E-state index is 0.137. The lowest BCUT2D eigenvalue weighted by Crippen LogP contribution is -2.52. The average molecular weight is 366 g/mol. The normalized spacial score (nSPS) is 19.5. The van der Waals surface area contributed by atoms with Gasteiger partial charge in [0.2, 0.25) is 11.8 Å². The monoisotopic (exact) mass is 366 g/mol. The Hall–Kier alpha value is -2.60. The van der Waals surface area contributed by atoms with E-state index in [1.165, 1.54) is 5.56 Å². The zero-order valence-corrected chi connectivity index (χ0v) is 15.1. The summed E-state index contributed by atoms with van der Waals surface area (Å²) in [6.07, 6.45) is 0.645. The Labute approximate surface area is 155 Å². The number of fused-ring (bicyclic) bond motifs is 1. The van der Waals surface area contributed by atoms with Crippen molar-refractivity contribution in [1.29, 1.82) is 0 Å². The molecule has 2 heterocycles. The third-order valence-electron chi connectivity index (χ3n) is 4.85. The van der Waals surface area contributed by atoms with E-state index in [0.29, 0.717) is 18.5 Å². The average Bonchev–Trinajstić information content (AvgIpc) is 2.95. The lowest BCUT2D eigenvalue weighted by molar-refractivity contribution is -0.136. The first-order valence-electron chi connectivity index (χ1n) is 8.54. The van der Waals surface area contributed by atoms with E-state index in [-0.39, 0.29) is 24.1 Å². The number of imide groups is 1. The van der Waals surface area contributed by atoms with Crippen LogP contribution in [0.1, 0.15) is 34.3 Å². The molecule has 0 spiro atoms. The number of nitrogens with one attached hydrogen (secondary N) is 1. The van der Waals surface area contributed by atoms with Crippen molar-refractivity contribution in [3.8, 4) is 0 Å². The summed E-state index contributed by atoms with van der Waals surface area (Å²) in [5, 5.41) is 2.34. The number of aryl methyl sites for hydroxylation is 1. The van der Waals surface area contributed by atoms with Gasteiger partial charge in [0.1, 0.15) is 6.04 Å². The van der Waals surface area contributed by atoms with Gasteiger partial charge in [0.15, 0.2) is 0 Å². The van der Waals surface area contributed by atoms with Gasteiger partial charge >= 0.3 is 0 Å². The lowest BCUT2D eigenvalue weighted by atomic mass is 10.0. The van der Waals surface area contributed by atoms with Gasteiger partial charge in [-0.2, -0.15) is 0 Å². The predicted molar refractivity (Wildman–Crippen MR) is 97.8 cm³/mol. The molecule has 1 atom stereocenters. The van der Waals surface area contributed by atoms with Crippen molar-refractivity contribution in [2.24, 2.45) is 0 Å². The third-order valence-corrected chi connectivity index (χ3v) is 6.13. The topological polar surface area (TPSA) is 66.5 Å². The number of amides is 3. The number of nitrogens with zero attached hydrogens (tertiary/aromatic N) is 1. The standard InChI is InChI=1S/C20H18N2O3S/c1-12-5-2-3-7-16(12)26-17-8-4-6-13-14(17)11-22(20(13)25)15-9-10-18(23)21-19(15)24/h2-8,15H,9-11H2,1H3,(H,21,23,24).